The molecule has 120 valence electrons. The average Bonchev–Trinajstić information content (AvgIpc) is 2.72. The number of amides is 2. The minimum Gasteiger partial charge on any atom is -0.490 e. The molecule has 1 aromatic carbocycles. The SMILES string of the molecule is CCOc1ccccc1OCC(=O)N[C@H]1CCCCNC1=O. The summed E-state index contributed by atoms with van der Waals surface area (Å²) in [6.45, 7) is 2.93. The van der Waals surface area contributed by atoms with Gasteiger partial charge in [-0.05, 0) is 38.3 Å². The molecule has 1 saturated heterocycles. The highest BCUT2D eigenvalue weighted by molar-refractivity contribution is 5.88. The summed E-state index contributed by atoms with van der Waals surface area (Å²) in [6.07, 6.45) is 2.52. The Labute approximate surface area is 130 Å². The molecular formula is C16H22N2O4. The molecule has 2 amide bonds. The summed E-state index contributed by atoms with van der Waals surface area (Å²) in [4.78, 5) is 23.7. The zero-order chi connectivity index (χ0) is 15.8. The van der Waals surface area contributed by atoms with Crippen molar-refractivity contribution in [3.05, 3.63) is 24.3 Å². The van der Waals surface area contributed by atoms with Crippen LogP contribution in [-0.4, -0.2) is 37.6 Å². The van der Waals surface area contributed by atoms with Gasteiger partial charge in [0.25, 0.3) is 5.91 Å². The minimum absolute atomic E-state index is 0.124. The maximum Gasteiger partial charge on any atom is 0.258 e. The summed E-state index contributed by atoms with van der Waals surface area (Å²) in [5.41, 5.74) is 0. The van der Waals surface area contributed by atoms with E-state index in [2.05, 4.69) is 10.6 Å². The Morgan fingerprint density at radius 3 is 2.73 bits per heavy atom. The van der Waals surface area contributed by atoms with Crippen LogP contribution in [0.4, 0.5) is 0 Å². The van der Waals surface area contributed by atoms with Gasteiger partial charge in [0.05, 0.1) is 6.61 Å². The maximum absolute atomic E-state index is 12.0. The topological polar surface area (TPSA) is 76.7 Å². The van der Waals surface area contributed by atoms with Crippen molar-refractivity contribution < 1.29 is 19.1 Å². The van der Waals surface area contributed by atoms with Crippen LogP contribution in [0.25, 0.3) is 0 Å². The summed E-state index contributed by atoms with van der Waals surface area (Å²) in [6, 6.07) is 6.72. The van der Waals surface area contributed by atoms with Gasteiger partial charge in [0.2, 0.25) is 5.91 Å². The fourth-order valence-electron chi connectivity index (χ4n) is 2.30. The van der Waals surface area contributed by atoms with Crippen molar-refractivity contribution in [2.75, 3.05) is 19.8 Å². The van der Waals surface area contributed by atoms with Crippen LogP contribution in [0.1, 0.15) is 26.2 Å². The van der Waals surface area contributed by atoms with Gasteiger partial charge in [-0.15, -0.1) is 0 Å². The molecule has 0 aliphatic carbocycles. The van der Waals surface area contributed by atoms with E-state index in [-0.39, 0.29) is 18.4 Å². The van der Waals surface area contributed by atoms with Gasteiger partial charge in [-0.1, -0.05) is 12.1 Å². The standard InChI is InChI=1S/C16H22N2O4/c1-2-21-13-8-3-4-9-14(13)22-11-15(19)18-12-7-5-6-10-17-16(12)20/h3-4,8-9,12H,2,5-7,10-11H2,1H3,(H,17,20)(H,18,19)/t12-/m0/s1. The van der Waals surface area contributed by atoms with Gasteiger partial charge in [-0.2, -0.15) is 0 Å². The molecule has 1 aliphatic heterocycles. The molecule has 1 atom stereocenters. The first-order chi connectivity index (χ1) is 10.7. The summed E-state index contributed by atoms with van der Waals surface area (Å²) < 4.78 is 10.9. The third-order valence-electron chi connectivity index (χ3n) is 3.38. The van der Waals surface area contributed by atoms with Crippen LogP contribution >= 0.6 is 0 Å². The Balaban J connectivity index is 1.86. The van der Waals surface area contributed by atoms with Gasteiger partial charge in [0.1, 0.15) is 6.04 Å². The number of benzene rings is 1. The van der Waals surface area contributed by atoms with Crippen LogP contribution in [0.5, 0.6) is 11.5 Å². The largest absolute Gasteiger partial charge is 0.490 e. The van der Waals surface area contributed by atoms with Gasteiger partial charge < -0.3 is 20.1 Å². The summed E-state index contributed by atoms with van der Waals surface area (Å²) in [5, 5.41) is 5.50. The third-order valence-corrected chi connectivity index (χ3v) is 3.38. The second kappa shape index (κ2) is 8.26. The van der Waals surface area contributed by atoms with Crippen molar-refractivity contribution in [3.63, 3.8) is 0 Å². The van der Waals surface area contributed by atoms with Crippen molar-refractivity contribution in [2.24, 2.45) is 0 Å². The highest BCUT2D eigenvalue weighted by Crippen LogP contribution is 2.26. The van der Waals surface area contributed by atoms with E-state index in [4.69, 9.17) is 9.47 Å². The minimum atomic E-state index is -0.472. The second-order valence-electron chi connectivity index (χ2n) is 5.08. The van der Waals surface area contributed by atoms with E-state index in [1.807, 2.05) is 19.1 Å². The molecule has 0 unspecified atom stereocenters. The summed E-state index contributed by atoms with van der Waals surface area (Å²) in [7, 11) is 0. The van der Waals surface area contributed by atoms with Crippen LogP contribution in [0.3, 0.4) is 0 Å². The highest BCUT2D eigenvalue weighted by atomic mass is 16.5. The van der Waals surface area contributed by atoms with Crippen molar-refractivity contribution in [1.82, 2.24) is 10.6 Å². The van der Waals surface area contributed by atoms with E-state index in [0.717, 1.165) is 12.8 Å². The lowest BCUT2D eigenvalue weighted by molar-refractivity contribution is -0.129. The molecule has 22 heavy (non-hydrogen) atoms. The molecule has 1 fully saturated rings. The third kappa shape index (κ3) is 4.65. The Kier molecular flexibility index (Phi) is 6.06. The van der Waals surface area contributed by atoms with Gasteiger partial charge in [0, 0.05) is 6.54 Å². The molecule has 2 N–H and O–H groups in total. The first-order valence-corrected chi connectivity index (χ1v) is 7.62. The zero-order valence-electron chi connectivity index (χ0n) is 12.8. The van der Waals surface area contributed by atoms with Crippen LogP contribution in [0, 0.1) is 0 Å². The molecule has 1 aliphatic rings. The molecule has 1 aromatic rings. The van der Waals surface area contributed by atoms with Crippen molar-refractivity contribution >= 4 is 11.8 Å². The first-order valence-electron chi connectivity index (χ1n) is 7.62. The number of rotatable bonds is 6. The van der Waals surface area contributed by atoms with Gasteiger partial charge >= 0.3 is 0 Å². The quantitative estimate of drug-likeness (QED) is 0.829. The van der Waals surface area contributed by atoms with Gasteiger partial charge in [-0.25, -0.2) is 0 Å². The van der Waals surface area contributed by atoms with E-state index in [1.54, 1.807) is 12.1 Å². The van der Waals surface area contributed by atoms with E-state index >= 15 is 0 Å². The second-order valence-corrected chi connectivity index (χ2v) is 5.08. The van der Waals surface area contributed by atoms with Crippen LogP contribution in [-0.2, 0) is 9.59 Å². The Bertz CT molecular complexity index is 519. The monoisotopic (exact) mass is 306 g/mol. The normalized spacial score (nSPS) is 18.0. The number of nitrogens with one attached hydrogen (secondary N) is 2. The highest BCUT2D eigenvalue weighted by Gasteiger charge is 2.22. The van der Waals surface area contributed by atoms with Crippen molar-refractivity contribution in [2.45, 2.75) is 32.2 Å². The number of carbonyl (C=O) groups excluding carboxylic acids is 2. The van der Waals surface area contributed by atoms with Crippen molar-refractivity contribution in [1.29, 1.82) is 0 Å². The molecular weight excluding hydrogens is 284 g/mol. The van der Waals surface area contributed by atoms with Gasteiger partial charge in [-0.3, -0.25) is 9.59 Å². The first kappa shape index (κ1) is 16.1. The average molecular weight is 306 g/mol. The lowest BCUT2D eigenvalue weighted by atomic mass is 10.1. The zero-order valence-corrected chi connectivity index (χ0v) is 12.8. The molecule has 0 aromatic heterocycles. The number of hydrogen-bond acceptors (Lipinski definition) is 4. The van der Waals surface area contributed by atoms with Crippen LogP contribution in [0.15, 0.2) is 24.3 Å². The van der Waals surface area contributed by atoms with Crippen LogP contribution in [0.2, 0.25) is 0 Å². The molecule has 0 bridgehead atoms. The van der Waals surface area contributed by atoms with E-state index in [0.29, 0.717) is 31.1 Å². The van der Waals surface area contributed by atoms with Gasteiger partial charge in [0.15, 0.2) is 18.1 Å². The number of para-hydroxylation sites is 2. The molecule has 0 radical (unpaired) electrons. The van der Waals surface area contributed by atoms with Crippen LogP contribution < -0.4 is 20.1 Å². The number of ether oxygens (including phenoxy) is 2. The molecule has 6 nitrogen and oxygen atoms in total. The fourth-order valence-corrected chi connectivity index (χ4v) is 2.30. The molecule has 1 heterocycles. The van der Waals surface area contributed by atoms with E-state index in [9.17, 15) is 9.59 Å². The molecule has 2 rings (SSSR count). The summed E-state index contributed by atoms with van der Waals surface area (Å²) >= 11 is 0. The van der Waals surface area contributed by atoms with Crippen molar-refractivity contribution in [3.8, 4) is 11.5 Å². The predicted molar refractivity (Wildman–Crippen MR) is 81.9 cm³/mol. The molecule has 0 saturated carbocycles. The predicted octanol–water partition coefficient (Wildman–Crippen LogP) is 1.25. The Morgan fingerprint density at radius 1 is 1.27 bits per heavy atom. The summed E-state index contributed by atoms with van der Waals surface area (Å²) in [5.74, 6) is 0.684. The maximum atomic E-state index is 12.0. The lowest BCUT2D eigenvalue weighted by Gasteiger charge is -2.16. The number of carbonyl (C=O) groups is 2. The Hall–Kier alpha value is -2.24. The lowest BCUT2D eigenvalue weighted by Crippen LogP contribution is -2.46. The van der Waals surface area contributed by atoms with E-state index in [1.165, 1.54) is 0 Å². The Morgan fingerprint density at radius 2 is 2.00 bits per heavy atom. The van der Waals surface area contributed by atoms with E-state index < -0.39 is 6.04 Å². The molecule has 6 heteroatoms. The molecule has 0 spiro atoms. The fraction of sp³-hybridized carbons (Fsp3) is 0.500. The smallest absolute Gasteiger partial charge is 0.258 e. The number of hydrogen-bond donors (Lipinski definition) is 2.